The fourth-order valence-electron chi connectivity index (χ4n) is 2.89. The van der Waals surface area contributed by atoms with Crippen LogP contribution in [0.5, 0.6) is 0 Å². The van der Waals surface area contributed by atoms with Gasteiger partial charge in [-0.25, -0.2) is 4.98 Å². The van der Waals surface area contributed by atoms with E-state index in [2.05, 4.69) is 45.8 Å². The fraction of sp³-hybridized carbons (Fsp3) is 0.471. The van der Waals surface area contributed by atoms with E-state index >= 15 is 0 Å². The molecule has 0 spiro atoms. The van der Waals surface area contributed by atoms with Crippen LogP contribution in [0.15, 0.2) is 36.7 Å². The second kappa shape index (κ2) is 6.00. The van der Waals surface area contributed by atoms with Gasteiger partial charge < -0.3 is 10.3 Å². The second-order valence-corrected chi connectivity index (χ2v) is 6.07. The number of benzene rings is 1. The van der Waals surface area contributed by atoms with E-state index in [1.807, 2.05) is 19.4 Å². The van der Waals surface area contributed by atoms with E-state index in [1.54, 1.807) is 0 Å². The van der Waals surface area contributed by atoms with Gasteiger partial charge >= 0.3 is 0 Å². The van der Waals surface area contributed by atoms with Gasteiger partial charge in [0.15, 0.2) is 0 Å². The molecule has 1 atom stereocenters. The van der Waals surface area contributed by atoms with Crippen molar-refractivity contribution in [1.82, 2.24) is 14.5 Å². The number of hydrogen-bond donors (Lipinski definition) is 1. The van der Waals surface area contributed by atoms with Gasteiger partial charge in [-0.05, 0) is 36.9 Å². The number of hydrogen-bond acceptors (Lipinski definition) is 3. The maximum Gasteiger partial charge on any atom is 0.122 e. The number of aryl methyl sites for hydroxylation is 1. The molecule has 1 unspecified atom stereocenters. The number of nitrogens with zero attached hydrogens (tertiary/aromatic N) is 3. The monoisotopic (exact) mass is 284 g/mol. The van der Waals surface area contributed by atoms with Crippen molar-refractivity contribution in [3.63, 3.8) is 0 Å². The van der Waals surface area contributed by atoms with Gasteiger partial charge in [-0.1, -0.05) is 24.3 Å². The first-order valence-corrected chi connectivity index (χ1v) is 7.65. The Balaban J connectivity index is 1.77. The van der Waals surface area contributed by atoms with Gasteiger partial charge in [-0.15, -0.1) is 0 Å². The van der Waals surface area contributed by atoms with Crippen molar-refractivity contribution >= 4 is 0 Å². The van der Waals surface area contributed by atoms with Crippen molar-refractivity contribution in [3.05, 3.63) is 53.6 Å². The third-order valence-corrected chi connectivity index (χ3v) is 4.41. The van der Waals surface area contributed by atoms with Gasteiger partial charge in [0.1, 0.15) is 5.82 Å². The first-order chi connectivity index (χ1) is 10.2. The summed E-state index contributed by atoms with van der Waals surface area (Å²) in [5.74, 6) is 1.84. The van der Waals surface area contributed by atoms with Crippen molar-refractivity contribution < 1.29 is 0 Å². The minimum Gasteiger partial charge on any atom is -0.337 e. The van der Waals surface area contributed by atoms with Crippen LogP contribution in [0.3, 0.4) is 0 Å². The number of rotatable bonds is 6. The molecule has 2 aromatic rings. The molecule has 0 radical (unpaired) electrons. The molecule has 1 aliphatic carbocycles. The second-order valence-electron chi connectivity index (χ2n) is 6.07. The summed E-state index contributed by atoms with van der Waals surface area (Å²) in [6.07, 6.45) is 6.49. The van der Waals surface area contributed by atoms with E-state index in [9.17, 15) is 0 Å². The van der Waals surface area contributed by atoms with E-state index in [1.165, 1.54) is 24.0 Å². The Morgan fingerprint density at radius 3 is 2.86 bits per heavy atom. The summed E-state index contributed by atoms with van der Waals surface area (Å²) >= 11 is 0. The number of imidazole rings is 1. The lowest BCUT2D eigenvalue weighted by Crippen LogP contribution is -2.31. The topological polar surface area (TPSA) is 47.1 Å². The molecule has 1 saturated carbocycles. The van der Waals surface area contributed by atoms with Crippen LogP contribution >= 0.6 is 0 Å². The van der Waals surface area contributed by atoms with E-state index in [4.69, 9.17) is 5.73 Å². The molecule has 3 rings (SSSR count). The predicted octanol–water partition coefficient (Wildman–Crippen LogP) is 2.43. The normalized spacial score (nSPS) is 16.4. The molecular weight excluding hydrogens is 260 g/mol. The first-order valence-electron chi connectivity index (χ1n) is 7.65. The highest BCUT2D eigenvalue weighted by atomic mass is 15.2. The summed E-state index contributed by atoms with van der Waals surface area (Å²) in [7, 11) is 4.15. The zero-order valence-corrected chi connectivity index (χ0v) is 12.9. The SMILES string of the molecule is CN(Cc1nccn1C)C(CN)c1cccc(C2CC2)c1. The summed E-state index contributed by atoms with van der Waals surface area (Å²) in [5.41, 5.74) is 8.83. The smallest absolute Gasteiger partial charge is 0.122 e. The zero-order chi connectivity index (χ0) is 14.8. The lowest BCUT2D eigenvalue weighted by Gasteiger charge is -2.27. The van der Waals surface area contributed by atoms with E-state index < -0.39 is 0 Å². The third kappa shape index (κ3) is 3.17. The predicted molar refractivity (Wildman–Crippen MR) is 84.9 cm³/mol. The molecule has 1 fully saturated rings. The van der Waals surface area contributed by atoms with Crippen LogP contribution in [0.4, 0.5) is 0 Å². The molecule has 0 bridgehead atoms. The van der Waals surface area contributed by atoms with Crippen molar-refractivity contribution in [2.75, 3.05) is 13.6 Å². The van der Waals surface area contributed by atoms with Crippen molar-refractivity contribution in [2.24, 2.45) is 12.8 Å². The largest absolute Gasteiger partial charge is 0.337 e. The lowest BCUT2D eigenvalue weighted by molar-refractivity contribution is 0.233. The van der Waals surface area contributed by atoms with Gasteiger partial charge in [0.2, 0.25) is 0 Å². The van der Waals surface area contributed by atoms with E-state index in [0.717, 1.165) is 18.3 Å². The highest BCUT2D eigenvalue weighted by molar-refractivity contribution is 5.31. The molecule has 1 aliphatic rings. The number of nitrogens with two attached hydrogens (primary N) is 1. The summed E-state index contributed by atoms with van der Waals surface area (Å²) in [4.78, 5) is 6.69. The third-order valence-electron chi connectivity index (χ3n) is 4.41. The van der Waals surface area contributed by atoms with Gasteiger partial charge in [-0.3, -0.25) is 4.90 Å². The summed E-state index contributed by atoms with van der Waals surface area (Å²) in [5, 5.41) is 0. The molecule has 2 N–H and O–H groups in total. The maximum atomic E-state index is 6.05. The lowest BCUT2D eigenvalue weighted by atomic mass is 10.0. The average Bonchev–Trinajstić information content (AvgIpc) is 3.26. The van der Waals surface area contributed by atoms with E-state index in [-0.39, 0.29) is 6.04 Å². The van der Waals surface area contributed by atoms with E-state index in [0.29, 0.717) is 6.54 Å². The van der Waals surface area contributed by atoms with Gasteiger partial charge in [0, 0.05) is 32.0 Å². The Morgan fingerprint density at radius 2 is 2.24 bits per heavy atom. The molecule has 4 nitrogen and oxygen atoms in total. The number of aromatic nitrogens is 2. The van der Waals surface area contributed by atoms with Gasteiger partial charge in [0.05, 0.1) is 6.54 Å². The minimum atomic E-state index is 0.236. The zero-order valence-electron chi connectivity index (χ0n) is 12.9. The number of likely N-dealkylation sites (N-methyl/N-ethyl adjacent to an activating group) is 1. The van der Waals surface area contributed by atoms with Crippen LogP contribution in [0, 0.1) is 0 Å². The highest BCUT2D eigenvalue weighted by Crippen LogP contribution is 2.40. The molecule has 1 heterocycles. The molecule has 21 heavy (non-hydrogen) atoms. The van der Waals surface area contributed by atoms with Crippen molar-refractivity contribution in [2.45, 2.75) is 31.3 Å². The molecule has 112 valence electrons. The van der Waals surface area contributed by atoms with Crippen LogP contribution < -0.4 is 5.73 Å². The molecular formula is C17H24N4. The Hall–Kier alpha value is -1.65. The Kier molecular flexibility index (Phi) is 4.08. The quantitative estimate of drug-likeness (QED) is 0.886. The van der Waals surface area contributed by atoms with Crippen LogP contribution in [0.2, 0.25) is 0 Å². The minimum absolute atomic E-state index is 0.236. The van der Waals surface area contributed by atoms with Crippen LogP contribution in [0.25, 0.3) is 0 Å². The molecule has 1 aromatic carbocycles. The molecule has 0 aliphatic heterocycles. The molecule has 0 saturated heterocycles. The van der Waals surface area contributed by atoms with Crippen LogP contribution in [-0.4, -0.2) is 28.0 Å². The Labute approximate surface area is 126 Å². The Bertz CT molecular complexity index is 600. The van der Waals surface area contributed by atoms with Gasteiger partial charge in [0.25, 0.3) is 0 Å². The van der Waals surface area contributed by atoms with Gasteiger partial charge in [-0.2, -0.15) is 0 Å². The molecule has 0 amide bonds. The molecule has 1 aromatic heterocycles. The standard InChI is InChI=1S/C17H24N4/c1-20-9-8-19-17(20)12-21(2)16(11-18)15-5-3-4-14(10-15)13-6-7-13/h3-5,8-10,13,16H,6-7,11-12,18H2,1-2H3. The maximum absolute atomic E-state index is 6.05. The van der Waals surface area contributed by atoms with Crippen molar-refractivity contribution in [3.8, 4) is 0 Å². The fourth-order valence-corrected chi connectivity index (χ4v) is 2.89. The summed E-state index contributed by atoms with van der Waals surface area (Å²) in [6.45, 7) is 1.42. The Morgan fingerprint density at radius 1 is 1.43 bits per heavy atom. The average molecular weight is 284 g/mol. The van der Waals surface area contributed by atoms with Crippen LogP contribution in [0.1, 0.15) is 41.8 Å². The van der Waals surface area contributed by atoms with Crippen molar-refractivity contribution in [1.29, 1.82) is 0 Å². The summed E-state index contributed by atoms with van der Waals surface area (Å²) in [6, 6.07) is 9.18. The highest BCUT2D eigenvalue weighted by Gasteiger charge is 2.25. The van der Waals surface area contributed by atoms with Crippen LogP contribution in [-0.2, 0) is 13.6 Å². The summed E-state index contributed by atoms with van der Waals surface area (Å²) < 4.78 is 2.06. The molecule has 4 heteroatoms. The first kappa shape index (κ1) is 14.3.